The van der Waals surface area contributed by atoms with Gasteiger partial charge in [-0.15, -0.1) is 0 Å². The van der Waals surface area contributed by atoms with Gasteiger partial charge in [0.25, 0.3) is 0 Å². The average Bonchev–Trinajstić information content (AvgIpc) is 2.71. The van der Waals surface area contributed by atoms with Crippen LogP contribution in [0.3, 0.4) is 0 Å². The largest absolute Gasteiger partial charge is 0.495 e. The smallest absolute Gasteiger partial charge is 0.341 e. The molecule has 0 aliphatic carbocycles. The Morgan fingerprint density at radius 3 is 2.68 bits per heavy atom. The molecule has 0 aliphatic heterocycles. The second-order valence-corrected chi connectivity index (χ2v) is 8.61. The Morgan fingerprint density at radius 1 is 1.26 bits per heavy atom. The third-order valence-electron chi connectivity index (χ3n) is 4.68. The number of methoxy groups -OCH3 is 1. The third-order valence-corrected chi connectivity index (χ3v) is 5.44. The number of hydrogen-bond acceptors (Lipinski definition) is 6. The zero-order chi connectivity index (χ0) is 22.5. The van der Waals surface area contributed by atoms with Gasteiger partial charge in [-0.3, -0.25) is 4.98 Å². The lowest BCUT2D eigenvalue weighted by atomic mass is 10.0. The topological polar surface area (TPSA) is 63.7 Å². The zero-order valence-electron chi connectivity index (χ0n) is 18.0. The van der Waals surface area contributed by atoms with E-state index in [0.717, 1.165) is 33.0 Å². The first-order valence-corrected chi connectivity index (χ1v) is 11.0. The summed E-state index contributed by atoms with van der Waals surface area (Å²) in [5, 5.41) is 4.78. The zero-order valence-corrected chi connectivity index (χ0v) is 20.3. The predicted molar refractivity (Wildman–Crippen MR) is 128 cm³/mol. The van der Waals surface area contributed by atoms with Gasteiger partial charge in [-0.1, -0.05) is 33.6 Å². The third kappa shape index (κ3) is 5.47. The highest BCUT2D eigenvalue weighted by Gasteiger charge is 2.19. The van der Waals surface area contributed by atoms with E-state index in [9.17, 15) is 4.79 Å². The molecule has 2 aromatic carbocycles. The van der Waals surface area contributed by atoms with Crippen LogP contribution in [0.5, 0.6) is 5.75 Å². The average molecular weight is 507 g/mol. The fourth-order valence-electron chi connectivity index (χ4n) is 3.36. The quantitative estimate of drug-likeness (QED) is 0.407. The number of anilines is 1. The number of rotatable bonds is 8. The standard InChI is InChI=1S/C23H25BrClN3O3/c1-5-31-23(29)18-12-27-21-15(13-28(2)3)9-16(24)10-17(21)22(18)26-11-14-6-7-20(30-4)19(25)8-14/h6-10,12H,5,11,13H2,1-4H3,(H,26,27). The Bertz CT molecular complexity index is 1110. The van der Waals surface area contributed by atoms with Crippen LogP contribution in [-0.2, 0) is 17.8 Å². The molecule has 0 unspecified atom stereocenters. The number of carbonyl (C=O) groups excluding carboxylic acids is 1. The maximum Gasteiger partial charge on any atom is 0.341 e. The van der Waals surface area contributed by atoms with E-state index in [1.165, 1.54) is 0 Å². The van der Waals surface area contributed by atoms with Gasteiger partial charge in [-0.05, 0) is 56.4 Å². The number of halogens is 2. The second kappa shape index (κ2) is 10.3. The lowest BCUT2D eigenvalue weighted by molar-refractivity contribution is 0.0527. The molecule has 1 aromatic heterocycles. The Morgan fingerprint density at radius 2 is 2.03 bits per heavy atom. The Balaban J connectivity index is 2.08. The normalized spacial score (nSPS) is 11.1. The van der Waals surface area contributed by atoms with Crippen LogP contribution in [0.4, 0.5) is 5.69 Å². The number of esters is 1. The number of ether oxygens (including phenoxy) is 2. The van der Waals surface area contributed by atoms with Gasteiger partial charge >= 0.3 is 5.97 Å². The van der Waals surface area contributed by atoms with Crippen molar-refractivity contribution in [3.05, 3.63) is 62.7 Å². The van der Waals surface area contributed by atoms with E-state index < -0.39 is 5.97 Å². The van der Waals surface area contributed by atoms with Crippen molar-refractivity contribution in [3.8, 4) is 5.75 Å². The maximum absolute atomic E-state index is 12.6. The molecule has 164 valence electrons. The summed E-state index contributed by atoms with van der Waals surface area (Å²) in [6.45, 7) is 3.25. The summed E-state index contributed by atoms with van der Waals surface area (Å²) in [6, 6.07) is 9.61. The number of carbonyl (C=O) groups is 1. The first-order chi connectivity index (χ1) is 14.8. The maximum atomic E-state index is 12.6. The summed E-state index contributed by atoms with van der Waals surface area (Å²) >= 11 is 9.87. The molecule has 0 bridgehead atoms. The molecule has 0 fully saturated rings. The first kappa shape index (κ1) is 23.3. The minimum Gasteiger partial charge on any atom is -0.495 e. The summed E-state index contributed by atoms with van der Waals surface area (Å²) in [6.07, 6.45) is 1.58. The predicted octanol–water partition coefficient (Wildman–Crippen LogP) is 5.51. The van der Waals surface area contributed by atoms with Crippen molar-refractivity contribution in [2.45, 2.75) is 20.0 Å². The molecule has 0 radical (unpaired) electrons. The van der Waals surface area contributed by atoms with Crippen molar-refractivity contribution >= 4 is 50.1 Å². The number of benzene rings is 2. The van der Waals surface area contributed by atoms with Crippen LogP contribution >= 0.6 is 27.5 Å². The van der Waals surface area contributed by atoms with Crippen LogP contribution in [0.25, 0.3) is 10.9 Å². The van der Waals surface area contributed by atoms with E-state index in [1.54, 1.807) is 20.2 Å². The lowest BCUT2D eigenvalue weighted by Crippen LogP contribution is -2.14. The molecule has 1 N–H and O–H groups in total. The molecule has 3 rings (SSSR count). The number of fused-ring (bicyclic) bond motifs is 1. The summed E-state index contributed by atoms with van der Waals surface area (Å²) in [7, 11) is 5.59. The van der Waals surface area contributed by atoms with Crippen molar-refractivity contribution in [1.82, 2.24) is 9.88 Å². The molecule has 0 atom stereocenters. The molecule has 0 aliphatic rings. The van der Waals surface area contributed by atoms with Crippen molar-refractivity contribution in [3.63, 3.8) is 0 Å². The minimum atomic E-state index is -0.415. The van der Waals surface area contributed by atoms with Gasteiger partial charge < -0.3 is 19.7 Å². The monoisotopic (exact) mass is 505 g/mol. The van der Waals surface area contributed by atoms with Gasteiger partial charge in [-0.25, -0.2) is 4.79 Å². The van der Waals surface area contributed by atoms with E-state index in [4.69, 9.17) is 21.1 Å². The molecule has 0 spiro atoms. The van der Waals surface area contributed by atoms with Gasteiger partial charge in [0, 0.05) is 29.1 Å². The van der Waals surface area contributed by atoms with E-state index in [-0.39, 0.29) is 6.61 Å². The molecule has 31 heavy (non-hydrogen) atoms. The SMILES string of the molecule is CCOC(=O)c1cnc2c(CN(C)C)cc(Br)cc2c1NCc1ccc(OC)c(Cl)c1. The summed E-state index contributed by atoms with van der Waals surface area (Å²) in [5.74, 6) is 0.200. The number of nitrogens with one attached hydrogen (secondary N) is 1. The van der Waals surface area contributed by atoms with Gasteiger partial charge in [0.05, 0.1) is 29.9 Å². The number of hydrogen-bond donors (Lipinski definition) is 1. The molecular formula is C23H25BrClN3O3. The van der Waals surface area contributed by atoms with E-state index in [2.05, 4.69) is 31.1 Å². The second-order valence-electron chi connectivity index (χ2n) is 7.29. The van der Waals surface area contributed by atoms with Gasteiger partial charge in [0.15, 0.2) is 0 Å². The fourth-order valence-corrected chi connectivity index (χ4v) is 4.15. The van der Waals surface area contributed by atoms with E-state index in [0.29, 0.717) is 28.6 Å². The molecule has 8 heteroatoms. The van der Waals surface area contributed by atoms with Crippen molar-refractivity contribution in [2.75, 3.05) is 33.1 Å². The Hall–Kier alpha value is -2.35. The van der Waals surface area contributed by atoms with Crippen LogP contribution < -0.4 is 10.1 Å². The van der Waals surface area contributed by atoms with Crippen LogP contribution in [0.1, 0.15) is 28.4 Å². The van der Waals surface area contributed by atoms with Gasteiger partial charge in [0.2, 0.25) is 0 Å². The van der Waals surface area contributed by atoms with E-state index in [1.807, 2.05) is 44.4 Å². The molecule has 0 saturated heterocycles. The minimum absolute atomic E-state index is 0.286. The summed E-state index contributed by atoms with van der Waals surface area (Å²) in [5.41, 5.74) is 3.91. The van der Waals surface area contributed by atoms with Gasteiger partial charge in [0.1, 0.15) is 11.3 Å². The molecule has 6 nitrogen and oxygen atoms in total. The highest BCUT2D eigenvalue weighted by molar-refractivity contribution is 9.10. The summed E-state index contributed by atoms with van der Waals surface area (Å²) < 4.78 is 11.4. The highest BCUT2D eigenvalue weighted by Crippen LogP contribution is 2.33. The van der Waals surface area contributed by atoms with Crippen molar-refractivity contribution in [1.29, 1.82) is 0 Å². The molecule has 0 saturated carbocycles. The lowest BCUT2D eigenvalue weighted by Gasteiger charge is -2.18. The molecule has 1 heterocycles. The Kier molecular flexibility index (Phi) is 7.75. The van der Waals surface area contributed by atoms with E-state index >= 15 is 0 Å². The molecule has 3 aromatic rings. The first-order valence-electron chi connectivity index (χ1n) is 9.83. The van der Waals surface area contributed by atoms with Crippen molar-refractivity contribution < 1.29 is 14.3 Å². The van der Waals surface area contributed by atoms with Crippen LogP contribution in [0.2, 0.25) is 5.02 Å². The summed E-state index contributed by atoms with van der Waals surface area (Å²) in [4.78, 5) is 19.3. The van der Waals surface area contributed by atoms with Crippen LogP contribution in [0.15, 0.2) is 41.0 Å². The number of aromatic nitrogens is 1. The number of pyridine rings is 1. The van der Waals surface area contributed by atoms with Crippen molar-refractivity contribution in [2.24, 2.45) is 0 Å². The fraction of sp³-hybridized carbons (Fsp3) is 0.304. The molecule has 0 amide bonds. The number of nitrogens with zero attached hydrogens (tertiary/aromatic N) is 2. The Labute approximate surface area is 195 Å². The highest BCUT2D eigenvalue weighted by atomic mass is 79.9. The molecular weight excluding hydrogens is 482 g/mol. The van der Waals surface area contributed by atoms with Crippen LogP contribution in [0, 0.1) is 0 Å². The van der Waals surface area contributed by atoms with Crippen LogP contribution in [-0.4, -0.2) is 43.7 Å². The van der Waals surface area contributed by atoms with Gasteiger partial charge in [-0.2, -0.15) is 0 Å².